The summed E-state index contributed by atoms with van der Waals surface area (Å²) in [6.07, 6.45) is 1.71. The summed E-state index contributed by atoms with van der Waals surface area (Å²) >= 11 is 6.30. The van der Waals surface area contributed by atoms with E-state index in [1.807, 2.05) is 13.8 Å². The van der Waals surface area contributed by atoms with Crippen LogP contribution < -0.4 is 16.8 Å². The Labute approximate surface area is 207 Å². The maximum Gasteiger partial charge on any atom is 0.254 e. The number of nitrogens with zero attached hydrogens (tertiary/aromatic N) is 3. The van der Waals surface area contributed by atoms with Crippen LogP contribution in [0.15, 0.2) is 22.7 Å². The highest BCUT2D eigenvalue weighted by Crippen LogP contribution is 2.50. The number of benzene rings is 1. The van der Waals surface area contributed by atoms with E-state index in [2.05, 4.69) is 29.4 Å². The maximum absolute atomic E-state index is 15.2. The first kappa shape index (κ1) is 24.7. The second kappa shape index (κ2) is 8.99. The van der Waals surface area contributed by atoms with Gasteiger partial charge in [0.1, 0.15) is 22.9 Å². The lowest BCUT2D eigenvalue weighted by atomic mass is 9.63. The summed E-state index contributed by atoms with van der Waals surface area (Å²) in [6.45, 7) is 8.03. The second-order valence-corrected chi connectivity index (χ2v) is 10.4. The summed E-state index contributed by atoms with van der Waals surface area (Å²) < 4.78 is 21.8. The van der Waals surface area contributed by atoms with Crippen LogP contribution in [0.2, 0.25) is 5.02 Å². The van der Waals surface area contributed by atoms with E-state index in [1.54, 1.807) is 6.07 Å². The van der Waals surface area contributed by atoms with Crippen molar-refractivity contribution >= 4 is 35.1 Å². The Bertz CT molecular complexity index is 1300. The standard InChI is InChI=1S/C24H28ClFN6O3/c1-11(2)32-22(27)18(23(28)34)21(30-32)14-6-5-12(20(26)19(14)25)7-16(33)29-17-8-15(31-35-17)13-9-24(3,4)10-13/h5-6,8,11,13H,7,9-10,27H2,1-4H3,(H2,28,34)(H,29,33). The monoisotopic (exact) mass is 502 g/mol. The van der Waals surface area contributed by atoms with Crippen LogP contribution in [-0.2, 0) is 11.2 Å². The maximum atomic E-state index is 15.2. The van der Waals surface area contributed by atoms with E-state index in [1.165, 1.54) is 16.8 Å². The highest BCUT2D eigenvalue weighted by atomic mass is 35.5. The van der Waals surface area contributed by atoms with Gasteiger partial charge >= 0.3 is 0 Å². The van der Waals surface area contributed by atoms with Crippen LogP contribution in [0.25, 0.3) is 11.3 Å². The minimum atomic E-state index is -0.804. The third-order valence-electron chi connectivity index (χ3n) is 6.26. The molecule has 5 N–H and O–H groups in total. The molecule has 1 aliphatic carbocycles. The van der Waals surface area contributed by atoms with Crippen molar-refractivity contribution in [1.82, 2.24) is 14.9 Å². The molecule has 11 heteroatoms. The first-order chi connectivity index (χ1) is 16.4. The van der Waals surface area contributed by atoms with Crippen LogP contribution in [-0.4, -0.2) is 26.8 Å². The number of nitrogens with two attached hydrogens (primary N) is 2. The zero-order valence-corrected chi connectivity index (χ0v) is 20.7. The van der Waals surface area contributed by atoms with Gasteiger partial charge in [-0.15, -0.1) is 0 Å². The number of hydrogen-bond acceptors (Lipinski definition) is 6. The summed E-state index contributed by atoms with van der Waals surface area (Å²) in [5, 5.41) is 10.7. The van der Waals surface area contributed by atoms with Crippen LogP contribution in [0.3, 0.4) is 0 Å². The molecule has 0 aliphatic heterocycles. The quantitative estimate of drug-likeness (QED) is 0.428. The molecule has 1 fully saturated rings. The number of nitrogens with one attached hydrogen (secondary N) is 1. The number of primary amides is 1. The van der Waals surface area contributed by atoms with Gasteiger partial charge in [0.05, 0.1) is 17.1 Å². The molecule has 2 heterocycles. The SMILES string of the molecule is CC(C)n1nc(-c2ccc(CC(=O)Nc3cc(C4CC(C)(C)C4)no3)c(F)c2Cl)c(C(N)=O)c1N. The molecule has 1 saturated carbocycles. The highest BCUT2D eigenvalue weighted by molar-refractivity contribution is 6.33. The van der Waals surface area contributed by atoms with Crippen molar-refractivity contribution in [2.24, 2.45) is 11.1 Å². The molecule has 1 aromatic carbocycles. The van der Waals surface area contributed by atoms with E-state index >= 15 is 4.39 Å². The molecule has 2 amide bonds. The van der Waals surface area contributed by atoms with Crippen molar-refractivity contribution in [3.8, 4) is 11.3 Å². The molecule has 0 bridgehead atoms. The second-order valence-electron chi connectivity index (χ2n) is 10.0. The molecule has 3 aromatic rings. The molecule has 35 heavy (non-hydrogen) atoms. The van der Waals surface area contributed by atoms with E-state index in [9.17, 15) is 9.59 Å². The summed E-state index contributed by atoms with van der Waals surface area (Å²) in [7, 11) is 0. The van der Waals surface area contributed by atoms with E-state index in [-0.39, 0.29) is 57.0 Å². The van der Waals surface area contributed by atoms with Crippen molar-refractivity contribution < 1.29 is 18.5 Å². The van der Waals surface area contributed by atoms with Crippen molar-refractivity contribution in [2.75, 3.05) is 11.1 Å². The number of halogens is 2. The molecule has 4 rings (SSSR count). The predicted molar refractivity (Wildman–Crippen MR) is 131 cm³/mol. The number of carbonyl (C=O) groups excluding carboxylic acids is 2. The number of carbonyl (C=O) groups is 2. The van der Waals surface area contributed by atoms with Gasteiger partial charge in [-0.1, -0.05) is 42.7 Å². The Morgan fingerprint density at radius 3 is 2.63 bits per heavy atom. The zero-order chi connectivity index (χ0) is 25.7. The average Bonchev–Trinajstić information content (AvgIpc) is 3.34. The van der Waals surface area contributed by atoms with Gasteiger partial charge in [-0.3, -0.25) is 14.9 Å². The lowest BCUT2D eigenvalue weighted by Gasteiger charge is -2.41. The molecular formula is C24H28ClFN6O3. The summed E-state index contributed by atoms with van der Waals surface area (Å²) in [5.41, 5.74) is 12.9. The topological polar surface area (TPSA) is 142 Å². The van der Waals surface area contributed by atoms with Crippen LogP contribution in [0.4, 0.5) is 16.1 Å². The molecule has 186 valence electrons. The summed E-state index contributed by atoms with van der Waals surface area (Å²) in [6, 6.07) is 4.43. The Hall–Kier alpha value is -3.40. The fourth-order valence-corrected chi connectivity index (χ4v) is 4.83. The van der Waals surface area contributed by atoms with Crippen LogP contribution >= 0.6 is 11.6 Å². The van der Waals surface area contributed by atoms with Gasteiger partial charge in [-0.2, -0.15) is 5.10 Å². The van der Waals surface area contributed by atoms with Crippen molar-refractivity contribution in [3.05, 3.63) is 45.9 Å². The number of aromatic nitrogens is 3. The predicted octanol–water partition coefficient (Wildman–Crippen LogP) is 4.68. The molecule has 0 radical (unpaired) electrons. The summed E-state index contributed by atoms with van der Waals surface area (Å²) in [5.74, 6) is -1.52. The molecule has 2 aromatic heterocycles. The Morgan fingerprint density at radius 2 is 2.03 bits per heavy atom. The molecular weight excluding hydrogens is 475 g/mol. The normalized spacial score (nSPS) is 15.3. The molecule has 0 unspecified atom stereocenters. The van der Waals surface area contributed by atoms with Crippen molar-refractivity contribution in [3.63, 3.8) is 0 Å². The van der Waals surface area contributed by atoms with Crippen molar-refractivity contribution in [2.45, 2.75) is 58.9 Å². The third-order valence-corrected chi connectivity index (χ3v) is 6.63. The molecule has 0 atom stereocenters. The van der Waals surface area contributed by atoms with E-state index in [0.29, 0.717) is 5.92 Å². The Kier molecular flexibility index (Phi) is 6.35. The average molecular weight is 503 g/mol. The van der Waals surface area contributed by atoms with Crippen LogP contribution in [0, 0.1) is 11.2 Å². The lowest BCUT2D eigenvalue weighted by Crippen LogP contribution is -2.29. The fraction of sp³-hybridized carbons (Fsp3) is 0.417. The number of nitrogen functional groups attached to an aromatic ring is 1. The minimum absolute atomic E-state index is 0.0403. The number of anilines is 2. The molecule has 0 spiro atoms. The van der Waals surface area contributed by atoms with Gasteiger partial charge in [0.25, 0.3) is 5.91 Å². The van der Waals surface area contributed by atoms with Gasteiger partial charge < -0.3 is 16.0 Å². The van der Waals surface area contributed by atoms with Gasteiger partial charge in [-0.25, -0.2) is 9.07 Å². The highest BCUT2D eigenvalue weighted by Gasteiger charge is 2.38. The van der Waals surface area contributed by atoms with Crippen LogP contribution in [0.5, 0.6) is 0 Å². The number of hydrogen-bond donors (Lipinski definition) is 3. The van der Waals surface area contributed by atoms with Crippen LogP contribution in [0.1, 0.15) is 74.1 Å². The van der Waals surface area contributed by atoms with Gasteiger partial charge in [0.15, 0.2) is 0 Å². The Morgan fingerprint density at radius 1 is 1.34 bits per heavy atom. The van der Waals surface area contributed by atoms with E-state index < -0.39 is 17.6 Å². The van der Waals surface area contributed by atoms with Gasteiger partial charge in [0, 0.05) is 23.6 Å². The lowest BCUT2D eigenvalue weighted by molar-refractivity contribution is -0.115. The zero-order valence-electron chi connectivity index (χ0n) is 20.0. The first-order valence-electron chi connectivity index (χ1n) is 11.3. The van der Waals surface area contributed by atoms with E-state index in [0.717, 1.165) is 18.5 Å². The Balaban J connectivity index is 1.52. The minimum Gasteiger partial charge on any atom is -0.383 e. The largest absolute Gasteiger partial charge is 0.383 e. The molecule has 0 saturated heterocycles. The third kappa shape index (κ3) is 4.75. The number of rotatable bonds is 7. The number of amides is 2. The first-order valence-corrected chi connectivity index (χ1v) is 11.7. The molecule has 1 aliphatic rings. The smallest absolute Gasteiger partial charge is 0.254 e. The van der Waals surface area contributed by atoms with Gasteiger partial charge in [0.2, 0.25) is 11.8 Å². The van der Waals surface area contributed by atoms with Crippen molar-refractivity contribution in [1.29, 1.82) is 0 Å². The van der Waals surface area contributed by atoms with Gasteiger partial charge in [-0.05, 0) is 37.7 Å². The fourth-order valence-electron chi connectivity index (χ4n) is 4.56. The summed E-state index contributed by atoms with van der Waals surface area (Å²) in [4.78, 5) is 24.5. The molecule has 9 nitrogen and oxygen atoms in total. The van der Waals surface area contributed by atoms with E-state index in [4.69, 9.17) is 27.6 Å².